The lowest BCUT2D eigenvalue weighted by atomic mass is 9.77. The number of hydrogen-bond donors (Lipinski definition) is 1. The Morgan fingerprint density at radius 3 is 2.55 bits per heavy atom. The summed E-state index contributed by atoms with van der Waals surface area (Å²) in [4.78, 5) is 15.1. The molecule has 0 radical (unpaired) electrons. The first kappa shape index (κ1) is 13.6. The van der Waals surface area contributed by atoms with Crippen LogP contribution in [0.2, 0.25) is 0 Å². The molecule has 1 amide bonds. The fraction of sp³-hybridized carbons (Fsp3) is 0.588. The van der Waals surface area contributed by atoms with Gasteiger partial charge in [0.1, 0.15) is 0 Å². The number of carbonyl (C=O) groups excluding carboxylic acids is 1. The van der Waals surface area contributed by atoms with E-state index in [4.69, 9.17) is 0 Å². The predicted octanol–water partition coefficient (Wildman–Crippen LogP) is 2.48. The van der Waals surface area contributed by atoms with Crippen LogP contribution in [0.25, 0.3) is 0 Å². The van der Waals surface area contributed by atoms with E-state index in [2.05, 4.69) is 12.1 Å². The van der Waals surface area contributed by atoms with Crippen LogP contribution in [0.4, 0.5) is 0 Å². The first-order chi connectivity index (χ1) is 9.78. The molecular formula is C17H23NO2. The number of aliphatic hydroxyl groups excluding tert-OH is 1. The lowest BCUT2D eigenvalue weighted by Crippen LogP contribution is -2.48. The van der Waals surface area contributed by atoms with Crippen LogP contribution in [0.3, 0.4) is 0 Å². The van der Waals surface area contributed by atoms with Gasteiger partial charge in [0.2, 0.25) is 5.91 Å². The maximum Gasteiger partial charge on any atom is 0.233 e. The van der Waals surface area contributed by atoms with E-state index in [1.54, 1.807) is 0 Å². The van der Waals surface area contributed by atoms with Crippen LogP contribution in [-0.2, 0) is 10.2 Å². The van der Waals surface area contributed by atoms with Crippen LogP contribution in [0.5, 0.6) is 0 Å². The molecule has 2 aliphatic rings. The molecule has 3 heteroatoms. The summed E-state index contributed by atoms with van der Waals surface area (Å²) in [5, 5.41) is 9.49. The normalized spacial score (nSPS) is 25.1. The van der Waals surface area contributed by atoms with Gasteiger partial charge in [0, 0.05) is 6.54 Å². The third-order valence-electron chi connectivity index (χ3n) is 5.04. The van der Waals surface area contributed by atoms with E-state index in [1.165, 1.54) is 0 Å². The molecular weight excluding hydrogens is 250 g/mol. The van der Waals surface area contributed by atoms with Gasteiger partial charge in [0.15, 0.2) is 0 Å². The van der Waals surface area contributed by atoms with E-state index in [0.29, 0.717) is 0 Å². The number of carbonyl (C=O) groups is 1. The van der Waals surface area contributed by atoms with Gasteiger partial charge in [-0.3, -0.25) is 4.79 Å². The molecule has 0 spiro atoms. The van der Waals surface area contributed by atoms with Crippen molar-refractivity contribution >= 4 is 5.91 Å². The number of benzene rings is 1. The summed E-state index contributed by atoms with van der Waals surface area (Å²) in [7, 11) is 0. The van der Waals surface area contributed by atoms with Crippen LogP contribution >= 0.6 is 0 Å². The minimum absolute atomic E-state index is 0.0312. The summed E-state index contributed by atoms with van der Waals surface area (Å²) < 4.78 is 0. The topological polar surface area (TPSA) is 40.5 Å². The lowest BCUT2D eigenvalue weighted by Gasteiger charge is -2.35. The first-order valence-electron chi connectivity index (χ1n) is 7.75. The quantitative estimate of drug-likeness (QED) is 0.919. The molecule has 1 heterocycles. The minimum Gasteiger partial charge on any atom is -0.394 e. The monoisotopic (exact) mass is 273 g/mol. The molecule has 1 aromatic carbocycles. The summed E-state index contributed by atoms with van der Waals surface area (Å²) in [5.41, 5.74) is 0.824. The van der Waals surface area contributed by atoms with Gasteiger partial charge in [-0.2, -0.15) is 0 Å². The van der Waals surface area contributed by atoms with Crippen molar-refractivity contribution < 1.29 is 9.90 Å². The van der Waals surface area contributed by atoms with E-state index < -0.39 is 0 Å². The number of rotatable bonds is 3. The Bertz CT molecular complexity index is 465. The summed E-state index contributed by atoms with van der Waals surface area (Å²) in [6.45, 7) is 0.898. The molecule has 1 saturated heterocycles. The van der Waals surface area contributed by atoms with Crippen molar-refractivity contribution in [2.75, 3.05) is 13.2 Å². The SMILES string of the molecule is O=C(N1CCCC1CO)C1(c2ccccc2)CCCC1. The highest BCUT2D eigenvalue weighted by atomic mass is 16.3. The number of hydrogen-bond acceptors (Lipinski definition) is 2. The maximum atomic E-state index is 13.2. The number of amides is 1. The van der Waals surface area contributed by atoms with E-state index in [9.17, 15) is 9.90 Å². The van der Waals surface area contributed by atoms with Gasteiger partial charge < -0.3 is 10.0 Å². The van der Waals surface area contributed by atoms with Gasteiger partial charge in [-0.05, 0) is 31.2 Å². The van der Waals surface area contributed by atoms with Crippen molar-refractivity contribution in [3.63, 3.8) is 0 Å². The minimum atomic E-state index is -0.334. The van der Waals surface area contributed by atoms with Crippen molar-refractivity contribution in [2.45, 2.75) is 50.0 Å². The highest BCUT2D eigenvalue weighted by Gasteiger charge is 2.46. The number of aliphatic hydroxyl groups is 1. The van der Waals surface area contributed by atoms with Crippen molar-refractivity contribution in [3.8, 4) is 0 Å². The van der Waals surface area contributed by atoms with Gasteiger partial charge in [-0.15, -0.1) is 0 Å². The Morgan fingerprint density at radius 1 is 1.20 bits per heavy atom. The van der Waals surface area contributed by atoms with Crippen LogP contribution in [-0.4, -0.2) is 35.1 Å². The molecule has 1 aliphatic heterocycles. The molecule has 1 N–H and O–H groups in total. The van der Waals surface area contributed by atoms with Gasteiger partial charge in [0.25, 0.3) is 0 Å². The van der Waals surface area contributed by atoms with Crippen molar-refractivity contribution in [1.29, 1.82) is 0 Å². The zero-order chi connectivity index (χ0) is 14.0. The maximum absolute atomic E-state index is 13.2. The average molecular weight is 273 g/mol. The van der Waals surface area contributed by atoms with E-state index in [-0.39, 0.29) is 24.0 Å². The Balaban J connectivity index is 1.93. The number of nitrogens with zero attached hydrogens (tertiary/aromatic N) is 1. The molecule has 108 valence electrons. The highest BCUT2D eigenvalue weighted by Crippen LogP contribution is 2.43. The van der Waals surface area contributed by atoms with Gasteiger partial charge in [-0.25, -0.2) is 0 Å². The van der Waals surface area contributed by atoms with Crippen LogP contribution in [0, 0.1) is 0 Å². The predicted molar refractivity (Wildman–Crippen MR) is 78.4 cm³/mol. The molecule has 1 saturated carbocycles. The second-order valence-electron chi connectivity index (χ2n) is 6.13. The Labute approximate surface area is 120 Å². The standard InChI is InChI=1S/C17H23NO2/c19-13-15-9-6-12-18(15)16(20)17(10-4-5-11-17)14-7-2-1-3-8-14/h1-3,7-8,15,19H,4-6,9-13H2. The summed E-state index contributed by atoms with van der Waals surface area (Å²) in [6.07, 6.45) is 6.10. The van der Waals surface area contributed by atoms with Gasteiger partial charge >= 0.3 is 0 Å². The van der Waals surface area contributed by atoms with Crippen LogP contribution < -0.4 is 0 Å². The fourth-order valence-corrected chi connectivity index (χ4v) is 3.93. The van der Waals surface area contributed by atoms with E-state index >= 15 is 0 Å². The zero-order valence-corrected chi connectivity index (χ0v) is 11.9. The average Bonchev–Trinajstić information content (AvgIpc) is 3.17. The molecule has 1 atom stereocenters. The van der Waals surface area contributed by atoms with Gasteiger partial charge in [-0.1, -0.05) is 43.2 Å². The molecule has 3 rings (SSSR count). The Morgan fingerprint density at radius 2 is 1.90 bits per heavy atom. The van der Waals surface area contributed by atoms with Crippen molar-refractivity contribution in [2.24, 2.45) is 0 Å². The van der Waals surface area contributed by atoms with Gasteiger partial charge in [0.05, 0.1) is 18.1 Å². The van der Waals surface area contributed by atoms with Crippen molar-refractivity contribution in [3.05, 3.63) is 35.9 Å². The molecule has 1 unspecified atom stereocenters. The molecule has 1 aromatic rings. The van der Waals surface area contributed by atoms with Crippen molar-refractivity contribution in [1.82, 2.24) is 4.90 Å². The molecule has 3 nitrogen and oxygen atoms in total. The smallest absolute Gasteiger partial charge is 0.233 e. The second-order valence-corrected chi connectivity index (χ2v) is 6.13. The Kier molecular flexibility index (Phi) is 3.79. The lowest BCUT2D eigenvalue weighted by molar-refractivity contribution is -0.139. The zero-order valence-electron chi connectivity index (χ0n) is 11.9. The fourth-order valence-electron chi connectivity index (χ4n) is 3.93. The van der Waals surface area contributed by atoms with E-state index in [1.807, 2.05) is 23.1 Å². The van der Waals surface area contributed by atoms with Crippen LogP contribution in [0.15, 0.2) is 30.3 Å². The molecule has 20 heavy (non-hydrogen) atoms. The third kappa shape index (κ3) is 2.14. The summed E-state index contributed by atoms with van der Waals surface area (Å²) in [6, 6.07) is 10.3. The van der Waals surface area contributed by atoms with Crippen LogP contribution in [0.1, 0.15) is 44.1 Å². The Hall–Kier alpha value is -1.35. The molecule has 0 aromatic heterocycles. The molecule has 2 fully saturated rings. The second kappa shape index (κ2) is 5.57. The first-order valence-corrected chi connectivity index (χ1v) is 7.75. The summed E-state index contributed by atoms with van der Waals surface area (Å²) in [5.74, 6) is 0.248. The van der Waals surface area contributed by atoms with E-state index in [0.717, 1.165) is 50.6 Å². The highest BCUT2D eigenvalue weighted by molar-refractivity contribution is 5.89. The number of likely N-dealkylation sites (tertiary alicyclic amines) is 1. The molecule has 0 bridgehead atoms. The summed E-state index contributed by atoms with van der Waals surface area (Å²) >= 11 is 0. The molecule has 1 aliphatic carbocycles. The largest absolute Gasteiger partial charge is 0.394 e. The third-order valence-corrected chi connectivity index (χ3v) is 5.04.